The van der Waals surface area contributed by atoms with Crippen LogP contribution in [0.3, 0.4) is 0 Å². The number of phenolic OH excluding ortho intramolecular Hbond substituents is 3. The molecular formula is C16H12O7. The number of phenols is 3. The molecule has 1 aromatic heterocycles. The van der Waals surface area contributed by atoms with Crippen LogP contribution in [0.5, 0.6) is 23.0 Å². The van der Waals surface area contributed by atoms with E-state index >= 15 is 0 Å². The number of fused-ring (bicyclic) bond motifs is 4. The van der Waals surface area contributed by atoms with Crippen molar-refractivity contribution in [1.82, 2.24) is 0 Å². The van der Waals surface area contributed by atoms with Gasteiger partial charge < -0.3 is 29.2 Å². The van der Waals surface area contributed by atoms with Crippen LogP contribution < -0.4 is 10.2 Å². The van der Waals surface area contributed by atoms with Crippen LogP contribution in [0.15, 0.2) is 27.4 Å². The van der Waals surface area contributed by atoms with E-state index in [1.54, 1.807) is 0 Å². The highest BCUT2D eigenvalue weighted by Crippen LogP contribution is 2.42. The predicted molar refractivity (Wildman–Crippen MR) is 80.1 cm³/mol. The molecule has 7 heteroatoms. The summed E-state index contributed by atoms with van der Waals surface area (Å²) in [5.74, 6) is -0.599. The molecule has 1 atom stereocenters. The van der Waals surface area contributed by atoms with E-state index in [1.165, 1.54) is 19.2 Å². The lowest BCUT2D eigenvalue weighted by Gasteiger charge is -2.08. The summed E-state index contributed by atoms with van der Waals surface area (Å²) in [6.07, 6.45) is -0.337. The Morgan fingerprint density at radius 1 is 1.09 bits per heavy atom. The third-order valence-corrected chi connectivity index (χ3v) is 3.95. The molecule has 0 fully saturated rings. The number of rotatable bonds is 1. The van der Waals surface area contributed by atoms with Gasteiger partial charge in [0.2, 0.25) is 11.7 Å². The van der Waals surface area contributed by atoms with Gasteiger partial charge in [-0.15, -0.1) is 0 Å². The van der Waals surface area contributed by atoms with Gasteiger partial charge in [-0.25, -0.2) is 0 Å². The zero-order valence-corrected chi connectivity index (χ0v) is 12.0. The van der Waals surface area contributed by atoms with Crippen molar-refractivity contribution in [3.8, 4) is 23.0 Å². The van der Waals surface area contributed by atoms with Crippen molar-refractivity contribution in [2.24, 2.45) is 0 Å². The summed E-state index contributed by atoms with van der Waals surface area (Å²) in [6, 6.07) is 3.57. The first-order chi connectivity index (χ1) is 11.0. The average molecular weight is 316 g/mol. The molecule has 2 heterocycles. The molecule has 2 aromatic carbocycles. The highest BCUT2D eigenvalue weighted by atomic mass is 16.7. The first kappa shape index (κ1) is 13.7. The minimum atomic E-state index is -0.606. The molecule has 0 spiro atoms. The van der Waals surface area contributed by atoms with Gasteiger partial charge in [0.25, 0.3) is 0 Å². The standard InChI is InChI=1S/C16H12O7/c1-21-12-4-7-13-11(5-9(19)16(7)23-12)22-10-3-6(17)2-8(18)14(10)15(13)20/h2-3,5,12,17-19H,4H2,1H3/t12-/m0/s1. The van der Waals surface area contributed by atoms with Crippen LogP contribution in [0.1, 0.15) is 5.56 Å². The van der Waals surface area contributed by atoms with Gasteiger partial charge in [-0.2, -0.15) is 0 Å². The minimum Gasteiger partial charge on any atom is -0.508 e. The monoisotopic (exact) mass is 316 g/mol. The van der Waals surface area contributed by atoms with Crippen LogP contribution in [0, 0.1) is 0 Å². The van der Waals surface area contributed by atoms with E-state index in [2.05, 4.69) is 0 Å². The Morgan fingerprint density at radius 3 is 2.57 bits per heavy atom. The van der Waals surface area contributed by atoms with Gasteiger partial charge in [0.15, 0.2) is 11.5 Å². The third kappa shape index (κ3) is 1.83. The Balaban J connectivity index is 2.17. The normalized spacial score (nSPS) is 16.7. The fourth-order valence-corrected chi connectivity index (χ4v) is 2.94. The molecule has 23 heavy (non-hydrogen) atoms. The molecule has 0 amide bonds. The van der Waals surface area contributed by atoms with E-state index in [4.69, 9.17) is 13.9 Å². The summed E-state index contributed by atoms with van der Waals surface area (Å²) in [4.78, 5) is 12.8. The summed E-state index contributed by atoms with van der Waals surface area (Å²) in [6.45, 7) is 0. The average Bonchev–Trinajstić information content (AvgIpc) is 2.90. The van der Waals surface area contributed by atoms with E-state index in [-0.39, 0.29) is 51.4 Å². The lowest BCUT2D eigenvalue weighted by Crippen LogP contribution is -2.14. The smallest absolute Gasteiger partial charge is 0.204 e. The van der Waals surface area contributed by atoms with Crippen molar-refractivity contribution < 1.29 is 29.2 Å². The zero-order chi connectivity index (χ0) is 16.3. The molecular weight excluding hydrogens is 304 g/mol. The number of methoxy groups -OCH3 is 1. The maximum absolute atomic E-state index is 12.8. The first-order valence-electron chi connectivity index (χ1n) is 6.86. The Hall–Kier alpha value is -2.93. The number of aromatic hydroxyl groups is 3. The van der Waals surface area contributed by atoms with Gasteiger partial charge in [0.05, 0.1) is 5.39 Å². The molecule has 3 N–H and O–H groups in total. The van der Waals surface area contributed by atoms with Crippen LogP contribution >= 0.6 is 0 Å². The highest BCUT2D eigenvalue weighted by molar-refractivity contribution is 5.97. The van der Waals surface area contributed by atoms with Gasteiger partial charge in [-0.3, -0.25) is 4.79 Å². The van der Waals surface area contributed by atoms with E-state index < -0.39 is 11.7 Å². The Bertz CT molecular complexity index is 1020. The summed E-state index contributed by atoms with van der Waals surface area (Å²) in [5.41, 5.74) is 0.177. The van der Waals surface area contributed by atoms with Crippen molar-refractivity contribution >= 4 is 21.9 Å². The predicted octanol–water partition coefficient (Wildman–Crippen LogP) is 1.97. The Kier molecular flexibility index (Phi) is 2.70. The second-order valence-corrected chi connectivity index (χ2v) is 5.33. The van der Waals surface area contributed by atoms with Crippen LogP contribution in [-0.2, 0) is 11.2 Å². The van der Waals surface area contributed by atoms with Gasteiger partial charge in [-0.05, 0) is 0 Å². The van der Waals surface area contributed by atoms with Gasteiger partial charge in [-0.1, -0.05) is 0 Å². The molecule has 4 rings (SSSR count). The molecule has 0 saturated heterocycles. The molecule has 1 aliphatic rings. The largest absolute Gasteiger partial charge is 0.508 e. The Labute approximate surface area is 128 Å². The van der Waals surface area contributed by atoms with Crippen LogP contribution in [0.25, 0.3) is 21.9 Å². The van der Waals surface area contributed by atoms with Gasteiger partial charge in [0.1, 0.15) is 28.1 Å². The second-order valence-electron chi connectivity index (χ2n) is 5.33. The Morgan fingerprint density at radius 2 is 1.83 bits per heavy atom. The lowest BCUT2D eigenvalue weighted by atomic mass is 10.0. The van der Waals surface area contributed by atoms with Crippen molar-refractivity contribution in [1.29, 1.82) is 0 Å². The number of hydrogen-bond donors (Lipinski definition) is 3. The molecule has 118 valence electrons. The molecule has 0 saturated carbocycles. The quantitative estimate of drug-likeness (QED) is 0.589. The van der Waals surface area contributed by atoms with Gasteiger partial charge >= 0.3 is 0 Å². The summed E-state index contributed by atoms with van der Waals surface area (Å²) < 4.78 is 16.2. The van der Waals surface area contributed by atoms with Crippen LogP contribution in [-0.4, -0.2) is 28.7 Å². The molecule has 0 bridgehead atoms. The minimum absolute atomic E-state index is 0.0292. The van der Waals surface area contributed by atoms with E-state index in [1.807, 2.05) is 0 Å². The topological polar surface area (TPSA) is 109 Å². The highest BCUT2D eigenvalue weighted by Gasteiger charge is 2.30. The van der Waals surface area contributed by atoms with Crippen LogP contribution in [0.4, 0.5) is 0 Å². The maximum atomic E-state index is 12.8. The van der Waals surface area contributed by atoms with Crippen LogP contribution in [0.2, 0.25) is 0 Å². The van der Waals surface area contributed by atoms with E-state index in [0.717, 1.165) is 6.07 Å². The fourth-order valence-electron chi connectivity index (χ4n) is 2.94. The SMILES string of the molecule is CO[C@@H]1Cc2c(c(O)cc3oc4cc(O)cc(O)c4c(=O)c23)O1. The van der Waals surface area contributed by atoms with Crippen molar-refractivity contribution in [2.45, 2.75) is 12.7 Å². The van der Waals surface area contributed by atoms with Crippen molar-refractivity contribution in [2.75, 3.05) is 7.11 Å². The summed E-state index contributed by atoms with van der Waals surface area (Å²) >= 11 is 0. The van der Waals surface area contributed by atoms with Gasteiger partial charge in [0, 0.05) is 37.3 Å². The van der Waals surface area contributed by atoms with Crippen molar-refractivity contribution in [3.05, 3.63) is 34.0 Å². The number of benzene rings is 2. The molecule has 0 aliphatic carbocycles. The number of ether oxygens (including phenoxy) is 2. The molecule has 0 unspecified atom stereocenters. The van der Waals surface area contributed by atoms with Crippen molar-refractivity contribution in [3.63, 3.8) is 0 Å². The van der Waals surface area contributed by atoms with E-state index in [9.17, 15) is 20.1 Å². The van der Waals surface area contributed by atoms with E-state index in [0.29, 0.717) is 5.56 Å². The summed E-state index contributed by atoms with van der Waals surface area (Å²) in [7, 11) is 1.46. The third-order valence-electron chi connectivity index (χ3n) is 3.95. The first-order valence-corrected chi connectivity index (χ1v) is 6.86. The fraction of sp³-hybridized carbons (Fsp3) is 0.188. The molecule has 0 radical (unpaired) electrons. The second kappa shape index (κ2) is 4.53. The molecule has 1 aliphatic heterocycles. The lowest BCUT2D eigenvalue weighted by molar-refractivity contribution is -0.0377. The molecule has 7 nitrogen and oxygen atoms in total. The summed E-state index contributed by atoms with van der Waals surface area (Å²) in [5, 5.41) is 29.8. The number of hydrogen-bond acceptors (Lipinski definition) is 7. The maximum Gasteiger partial charge on any atom is 0.204 e. The zero-order valence-electron chi connectivity index (χ0n) is 12.0. The molecule has 3 aromatic rings.